The van der Waals surface area contributed by atoms with Crippen LogP contribution in [0.5, 0.6) is 0 Å². The number of nitrogens with zero attached hydrogens (tertiary/aromatic N) is 2. The minimum Gasteiger partial charge on any atom is -0.318 e. The average Bonchev–Trinajstić information content (AvgIpc) is 2.29. The van der Waals surface area contributed by atoms with Gasteiger partial charge in [-0.15, -0.1) is 0 Å². The molecule has 0 aliphatic rings. The van der Waals surface area contributed by atoms with Crippen molar-refractivity contribution in [1.29, 1.82) is 0 Å². The highest BCUT2D eigenvalue weighted by Crippen LogP contribution is 2.16. The molecule has 4 heteroatoms. The van der Waals surface area contributed by atoms with Crippen molar-refractivity contribution in [2.45, 2.75) is 6.04 Å². The highest BCUT2D eigenvalue weighted by molar-refractivity contribution is 5.24. The fourth-order valence-electron chi connectivity index (χ4n) is 1.32. The lowest BCUT2D eigenvalue weighted by Crippen LogP contribution is -2.15. The third-order valence-corrected chi connectivity index (χ3v) is 2.07. The zero-order valence-electron chi connectivity index (χ0n) is 7.97. The molecular formula is C11H10FN3. The van der Waals surface area contributed by atoms with Gasteiger partial charge in [-0.25, -0.2) is 14.4 Å². The van der Waals surface area contributed by atoms with Crippen molar-refractivity contribution in [3.63, 3.8) is 0 Å². The molecule has 0 aliphatic carbocycles. The van der Waals surface area contributed by atoms with E-state index in [0.29, 0.717) is 11.4 Å². The molecule has 1 unspecified atom stereocenters. The molecule has 0 spiro atoms. The highest BCUT2D eigenvalue weighted by Gasteiger charge is 2.11. The van der Waals surface area contributed by atoms with Crippen molar-refractivity contribution in [2.24, 2.45) is 5.73 Å². The summed E-state index contributed by atoms with van der Waals surface area (Å²) in [5.74, 6) is 0.182. The third kappa shape index (κ3) is 2.16. The summed E-state index contributed by atoms with van der Waals surface area (Å²) in [6, 6.07) is 7.37. The lowest BCUT2D eigenvalue weighted by atomic mass is 10.1. The van der Waals surface area contributed by atoms with Gasteiger partial charge in [0.15, 0.2) is 0 Å². The number of hydrogen-bond acceptors (Lipinski definition) is 3. The van der Waals surface area contributed by atoms with Crippen LogP contribution in [0.2, 0.25) is 0 Å². The molecule has 1 heterocycles. The summed E-state index contributed by atoms with van der Waals surface area (Å²) in [7, 11) is 0. The van der Waals surface area contributed by atoms with Crippen LogP contribution in [-0.4, -0.2) is 9.97 Å². The normalized spacial score (nSPS) is 12.4. The molecule has 2 rings (SSSR count). The van der Waals surface area contributed by atoms with Crippen LogP contribution in [0.15, 0.2) is 42.7 Å². The second kappa shape index (κ2) is 4.14. The summed E-state index contributed by atoms with van der Waals surface area (Å²) in [5, 5.41) is 0. The van der Waals surface area contributed by atoms with E-state index in [2.05, 4.69) is 9.97 Å². The van der Waals surface area contributed by atoms with Crippen molar-refractivity contribution in [2.75, 3.05) is 0 Å². The van der Waals surface area contributed by atoms with Gasteiger partial charge in [-0.3, -0.25) is 0 Å². The maximum Gasteiger partial charge on any atom is 0.149 e. The summed E-state index contributed by atoms with van der Waals surface area (Å²) in [6.45, 7) is 0. The topological polar surface area (TPSA) is 51.8 Å². The van der Waals surface area contributed by atoms with E-state index < -0.39 is 6.04 Å². The van der Waals surface area contributed by atoms with Crippen LogP contribution >= 0.6 is 0 Å². The van der Waals surface area contributed by atoms with Crippen molar-refractivity contribution >= 4 is 0 Å². The Labute approximate surface area is 86.8 Å². The molecule has 3 nitrogen and oxygen atoms in total. The number of nitrogens with two attached hydrogens (primary N) is 1. The van der Waals surface area contributed by atoms with Crippen LogP contribution in [-0.2, 0) is 0 Å². The van der Waals surface area contributed by atoms with Gasteiger partial charge >= 0.3 is 0 Å². The first-order valence-corrected chi connectivity index (χ1v) is 4.55. The highest BCUT2D eigenvalue weighted by atomic mass is 19.1. The van der Waals surface area contributed by atoms with Gasteiger partial charge in [-0.05, 0) is 23.8 Å². The van der Waals surface area contributed by atoms with Gasteiger partial charge in [0.25, 0.3) is 0 Å². The van der Waals surface area contributed by atoms with Gasteiger partial charge in [0.1, 0.15) is 11.6 Å². The van der Waals surface area contributed by atoms with Gasteiger partial charge in [0.2, 0.25) is 0 Å². The Morgan fingerprint density at radius 3 is 2.53 bits per heavy atom. The predicted octanol–water partition coefficient (Wildman–Crippen LogP) is 1.66. The lowest BCUT2D eigenvalue weighted by Gasteiger charge is -2.09. The van der Waals surface area contributed by atoms with Crippen LogP contribution in [0.3, 0.4) is 0 Å². The predicted molar refractivity (Wildman–Crippen MR) is 54.5 cm³/mol. The summed E-state index contributed by atoms with van der Waals surface area (Å²) in [6.07, 6.45) is 3.23. The van der Waals surface area contributed by atoms with Crippen LogP contribution < -0.4 is 5.73 Å². The number of rotatable bonds is 2. The minimum absolute atomic E-state index is 0.307. The quantitative estimate of drug-likeness (QED) is 0.807. The van der Waals surface area contributed by atoms with Gasteiger partial charge < -0.3 is 5.73 Å². The van der Waals surface area contributed by atoms with E-state index >= 15 is 0 Å². The Kier molecular flexibility index (Phi) is 2.69. The molecule has 0 fully saturated rings. The molecule has 76 valence electrons. The summed E-state index contributed by atoms with van der Waals surface area (Å²) < 4.78 is 12.9. The Hall–Kier alpha value is -1.81. The molecule has 1 aromatic carbocycles. The molecule has 0 bridgehead atoms. The van der Waals surface area contributed by atoms with Crippen LogP contribution in [0.1, 0.15) is 17.4 Å². The Balaban J connectivity index is 2.32. The van der Waals surface area contributed by atoms with E-state index in [9.17, 15) is 4.39 Å². The maximum atomic E-state index is 12.9. The van der Waals surface area contributed by atoms with E-state index in [0.717, 1.165) is 0 Å². The minimum atomic E-state index is -0.484. The van der Waals surface area contributed by atoms with E-state index in [1.54, 1.807) is 30.6 Å². The SMILES string of the molecule is NC(c1cccc(F)c1)c1ncccn1. The Morgan fingerprint density at radius 2 is 1.87 bits per heavy atom. The molecule has 0 radical (unpaired) electrons. The Morgan fingerprint density at radius 1 is 1.13 bits per heavy atom. The van der Waals surface area contributed by atoms with Gasteiger partial charge in [-0.1, -0.05) is 12.1 Å². The summed E-state index contributed by atoms with van der Waals surface area (Å²) >= 11 is 0. The smallest absolute Gasteiger partial charge is 0.149 e. The molecule has 15 heavy (non-hydrogen) atoms. The first kappa shape index (κ1) is 9.73. The fraction of sp³-hybridized carbons (Fsp3) is 0.0909. The molecular weight excluding hydrogens is 193 g/mol. The van der Waals surface area contributed by atoms with E-state index in [1.807, 2.05) is 0 Å². The summed E-state index contributed by atoms with van der Waals surface area (Å²) in [5.41, 5.74) is 6.56. The van der Waals surface area contributed by atoms with Gasteiger partial charge in [0, 0.05) is 12.4 Å². The number of aromatic nitrogens is 2. The van der Waals surface area contributed by atoms with E-state index in [4.69, 9.17) is 5.73 Å². The number of benzene rings is 1. The fourth-order valence-corrected chi connectivity index (χ4v) is 1.32. The first-order chi connectivity index (χ1) is 7.27. The largest absolute Gasteiger partial charge is 0.318 e. The molecule has 1 aromatic heterocycles. The standard InChI is InChI=1S/C11H10FN3/c12-9-4-1-3-8(7-9)10(13)11-14-5-2-6-15-11/h1-7,10H,13H2. The van der Waals surface area contributed by atoms with Gasteiger partial charge in [-0.2, -0.15) is 0 Å². The monoisotopic (exact) mass is 203 g/mol. The van der Waals surface area contributed by atoms with Crippen LogP contribution in [0.25, 0.3) is 0 Å². The average molecular weight is 203 g/mol. The van der Waals surface area contributed by atoms with Crippen LogP contribution in [0.4, 0.5) is 4.39 Å². The van der Waals surface area contributed by atoms with Gasteiger partial charge in [0.05, 0.1) is 6.04 Å². The molecule has 2 N–H and O–H groups in total. The maximum absolute atomic E-state index is 12.9. The van der Waals surface area contributed by atoms with Crippen molar-refractivity contribution < 1.29 is 4.39 Å². The first-order valence-electron chi connectivity index (χ1n) is 4.55. The van der Waals surface area contributed by atoms with Crippen LogP contribution in [0, 0.1) is 5.82 Å². The molecule has 0 aliphatic heterocycles. The molecule has 0 saturated heterocycles. The zero-order chi connectivity index (χ0) is 10.7. The van der Waals surface area contributed by atoms with Crippen molar-refractivity contribution in [1.82, 2.24) is 9.97 Å². The molecule has 1 atom stereocenters. The van der Waals surface area contributed by atoms with E-state index in [1.165, 1.54) is 12.1 Å². The third-order valence-electron chi connectivity index (χ3n) is 2.07. The van der Waals surface area contributed by atoms with Crippen molar-refractivity contribution in [3.8, 4) is 0 Å². The second-order valence-electron chi connectivity index (χ2n) is 3.14. The lowest BCUT2D eigenvalue weighted by molar-refractivity contribution is 0.622. The molecule has 0 saturated carbocycles. The van der Waals surface area contributed by atoms with Crippen molar-refractivity contribution in [3.05, 3.63) is 59.9 Å². The molecule has 0 amide bonds. The number of hydrogen-bond donors (Lipinski definition) is 1. The zero-order valence-corrected chi connectivity index (χ0v) is 7.97. The molecule has 2 aromatic rings. The number of halogens is 1. The second-order valence-corrected chi connectivity index (χ2v) is 3.14. The Bertz CT molecular complexity index is 445. The van der Waals surface area contributed by atoms with E-state index in [-0.39, 0.29) is 5.82 Å². The summed E-state index contributed by atoms with van der Waals surface area (Å²) in [4.78, 5) is 8.05.